The molecule has 0 saturated carbocycles. The van der Waals surface area contributed by atoms with E-state index in [-0.39, 0.29) is 6.61 Å². The van der Waals surface area contributed by atoms with E-state index in [0.29, 0.717) is 25.2 Å². The summed E-state index contributed by atoms with van der Waals surface area (Å²) in [5.41, 5.74) is 1.16. The molecule has 140 valence electrons. The van der Waals surface area contributed by atoms with Gasteiger partial charge in [-0.2, -0.15) is 0 Å². The summed E-state index contributed by atoms with van der Waals surface area (Å²) in [5.74, 6) is 0.819. The lowest BCUT2D eigenvalue weighted by molar-refractivity contribution is 0.0530. The van der Waals surface area contributed by atoms with Gasteiger partial charge in [-0.25, -0.2) is 0 Å². The maximum Gasteiger partial charge on any atom is 0.119 e. The van der Waals surface area contributed by atoms with E-state index in [2.05, 4.69) is 9.80 Å². The standard InChI is InChI=1S/C20H32N2O3/c1-16-5-2-8-20(11-16)25-15-19(24)13-22-10-3-6-17(22)12-21-9-4-7-18(21)14-23/h2,5,8,11,17-19,23-24H,3-4,6-7,9-10,12-15H2,1H3. The topological polar surface area (TPSA) is 56.2 Å². The summed E-state index contributed by atoms with van der Waals surface area (Å²) in [5, 5.41) is 19.9. The van der Waals surface area contributed by atoms with Gasteiger partial charge in [-0.1, -0.05) is 12.1 Å². The largest absolute Gasteiger partial charge is 0.491 e. The molecule has 2 heterocycles. The van der Waals surface area contributed by atoms with Gasteiger partial charge in [0, 0.05) is 25.2 Å². The molecule has 25 heavy (non-hydrogen) atoms. The highest BCUT2D eigenvalue weighted by atomic mass is 16.5. The van der Waals surface area contributed by atoms with Crippen LogP contribution in [0.25, 0.3) is 0 Å². The fraction of sp³-hybridized carbons (Fsp3) is 0.700. The predicted octanol–water partition coefficient (Wildman–Crippen LogP) is 1.66. The summed E-state index contributed by atoms with van der Waals surface area (Å²) >= 11 is 0. The highest BCUT2D eigenvalue weighted by molar-refractivity contribution is 5.27. The second-order valence-electron chi connectivity index (χ2n) is 7.55. The van der Waals surface area contributed by atoms with E-state index in [4.69, 9.17) is 4.74 Å². The Balaban J connectivity index is 1.45. The molecule has 2 fully saturated rings. The van der Waals surface area contributed by atoms with Crippen molar-refractivity contribution in [1.29, 1.82) is 0 Å². The Morgan fingerprint density at radius 3 is 2.68 bits per heavy atom. The summed E-state index contributed by atoms with van der Waals surface area (Å²) < 4.78 is 5.74. The molecule has 5 heteroatoms. The number of hydrogen-bond donors (Lipinski definition) is 2. The minimum Gasteiger partial charge on any atom is -0.491 e. The Morgan fingerprint density at radius 2 is 1.92 bits per heavy atom. The van der Waals surface area contributed by atoms with Crippen molar-refractivity contribution < 1.29 is 14.9 Å². The number of likely N-dealkylation sites (tertiary alicyclic amines) is 2. The molecule has 0 spiro atoms. The quantitative estimate of drug-likeness (QED) is 0.748. The van der Waals surface area contributed by atoms with E-state index >= 15 is 0 Å². The van der Waals surface area contributed by atoms with Crippen LogP contribution in [0.2, 0.25) is 0 Å². The van der Waals surface area contributed by atoms with Gasteiger partial charge in [0.2, 0.25) is 0 Å². The maximum absolute atomic E-state index is 10.4. The number of aliphatic hydroxyl groups excluding tert-OH is 2. The fourth-order valence-corrected chi connectivity index (χ4v) is 4.18. The van der Waals surface area contributed by atoms with Crippen LogP contribution in [-0.4, -0.2) is 77.6 Å². The van der Waals surface area contributed by atoms with Crippen LogP contribution in [0.5, 0.6) is 5.75 Å². The van der Waals surface area contributed by atoms with Crippen molar-refractivity contribution in [2.24, 2.45) is 0 Å². The van der Waals surface area contributed by atoms with Crippen molar-refractivity contribution >= 4 is 0 Å². The average Bonchev–Trinajstić information content (AvgIpc) is 3.23. The third kappa shape index (κ3) is 5.17. The molecular formula is C20H32N2O3. The van der Waals surface area contributed by atoms with Crippen LogP contribution >= 0.6 is 0 Å². The predicted molar refractivity (Wildman–Crippen MR) is 99.0 cm³/mol. The molecule has 3 unspecified atom stereocenters. The smallest absolute Gasteiger partial charge is 0.119 e. The first kappa shape index (κ1) is 18.6. The van der Waals surface area contributed by atoms with E-state index in [1.165, 1.54) is 19.3 Å². The van der Waals surface area contributed by atoms with E-state index in [9.17, 15) is 10.2 Å². The molecule has 3 rings (SSSR count). The van der Waals surface area contributed by atoms with Crippen molar-refractivity contribution in [2.45, 2.75) is 50.8 Å². The van der Waals surface area contributed by atoms with Gasteiger partial charge in [0.15, 0.2) is 0 Å². The lowest BCUT2D eigenvalue weighted by Crippen LogP contribution is -2.46. The van der Waals surface area contributed by atoms with Crippen LogP contribution in [0.3, 0.4) is 0 Å². The van der Waals surface area contributed by atoms with E-state index in [0.717, 1.165) is 37.4 Å². The lowest BCUT2D eigenvalue weighted by Gasteiger charge is -2.32. The summed E-state index contributed by atoms with van der Waals surface area (Å²) in [4.78, 5) is 4.83. The van der Waals surface area contributed by atoms with Gasteiger partial charge in [0.1, 0.15) is 18.5 Å². The normalized spacial score (nSPS) is 26.2. The van der Waals surface area contributed by atoms with Gasteiger partial charge in [-0.05, 0) is 63.4 Å². The Hall–Kier alpha value is -1.14. The number of benzene rings is 1. The molecule has 2 aliphatic rings. The van der Waals surface area contributed by atoms with Crippen LogP contribution in [0.15, 0.2) is 24.3 Å². The van der Waals surface area contributed by atoms with Crippen LogP contribution in [0.1, 0.15) is 31.2 Å². The van der Waals surface area contributed by atoms with Crippen molar-refractivity contribution in [3.63, 3.8) is 0 Å². The van der Waals surface area contributed by atoms with Gasteiger partial charge in [0.25, 0.3) is 0 Å². The summed E-state index contributed by atoms with van der Waals surface area (Å²) in [7, 11) is 0. The van der Waals surface area contributed by atoms with Crippen LogP contribution < -0.4 is 4.74 Å². The first-order valence-electron chi connectivity index (χ1n) is 9.62. The number of aryl methyl sites for hydroxylation is 1. The molecular weight excluding hydrogens is 316 g/mol. The zero-order chi connectivity index (χ0) is 17.6. The molecule has 2 N–H and O–H groups in total. The number of hydrogen-bond acceptors (Lipinski definition) is 5. The first-order valence-corrected chi connectivity index (χ1v) is 9.62. The van der Waals surface area contributed by atoms with Crippen LogP contribution in [0.4, 0.5) is 0 Å². The van der Waals surface area contributed by atoms with Crippen molar-refractivity contribution in [3.8, 4) is 5.75 Å². The van der Waals surface area contributed by atoms with Crippen molar-refractivity contribution in [3.05, 3.63) is 29.8 Å². The summed E-state index contributed by atoms with van der Waals surface area (Å²) in [6.45, 7) is 6.44. The second kappa shape index (κ2) is 8.99. The zero-order valence-electron chi connectivity index (χ0n) is 15.3. The Bertz CT molecular complexity index is 539. The maximum atomic E-state index is 10.4. The summed E-state index contributed by atoms with van der Waals surface area (Å²) in [6.07, 6.45) is 4.18. The molecule has 5 nitrogen and oxygen atoms in total. The lowest BCUT2D eigenvalue weighted by atomic mass is 10.1. The third-order valence-electron chi connectivity index (χ3n) is 5.53. The van der Waals surface area contributed by atoms with E-state index in [1.807, 2.05) is 31.2 Å². The number of ether oxygens (including phenoxy) is 1. The number of β-amino-alcohol motifs (C(OH)–C–C–N with tert-alkyl or cyclic N) is 1. The molecule has 1 aromatic carbocycles. The van der Waals surface area contributed by atoms with E-state index < -0.39 is 6.10 Å². The van der Waals surface area contributed by atoms with Gasteiger partial charge >= 0.3 is 0 Å². The van der Waals surface area contributed by atoms with Crippen molar-refractivity contribution in [1.82, 2.24) is 9.80 Å². The Morgan fingerprint density at radius 1 is 1.16 bits per heavy atom. The van der Waals surface area contributed by atoms with E-state index in [1.54, 1.807) is 0 Å². The number of nitrogens with zero attached hydrogens (tertiary/aromatic N) is 2. The molecule has 1 aromatic rings. The van der Waals surface area contributed by atoms with Gasteiger partial charge < -0.3 is 14.9 Å². The third-order valence-corrected chi connectivity index (χ3v) is 5.53. The van der Waals surface area contributed by atoms with Gasteiger partial charge in [-0.3, -0.25) is 9.80 Å². The zero-order valence-corrected chi connectivity index (χ0v) is 15.3. The molecule has 2 saturated heterocycles. The SMILES string of the molecule is Cc1cccc(OCC(O)CN2CCCC2CN2CCCC2CO)c1. The molecule has 3 atom stereocenters. The Kier molecular flexibility index (Phi) is 6.70. The Labute approximate surface area is 151 Å². The molecule has 0 aromatic heterocycles. The minimum atomic E-state index is -0.478. The molecule has 0 bridgehead atoms. The van der Waals surface area contributed by atoms with Crippen LogP contribution in [0, 0.1) is 6.92 Å². The molecule has 0 radical (unpaired) electrons. The summed E-state index contributed by atoms with van der Waals surface area (Å²) in [6, 6.07) is 8.75. The highest BCUT2D eigenvalue weighted by Gasteiger charge is 2.32. The molecule has 0 amide bonds. The second-order valence-corrected chi connectivity index (χ2v) is 7.55. The number of rotatable bonds is 8. The molecule has 2 aliphatic heterocycles. The number of aliphatic hydroxyl groups is 2. The average molecular weight is 348 g/mol. The monoisotopic (exact) mass is 348 g/mol. The molecule has 0 aliphatic carbocycles. The van der Waals surface area contributed by atoms with Crippen LogP contribution in [-0.2, 0) is 0 Å². The highest BCUT2D eigenvalue weighted by Crippen LogP contribution is 2.23. The van der Waals surface area contributed by atoms with Crippen molar-refractivity contribution in [2.75, 3.05) is 39.4 Å². The fourth-order valence-electron chi connectivity index (χ4n) is 4.18. The van der Waals surface area contributed by atoms with Gasteiger partial charge in [0.05, 0.1) is 6.61 Å². The van der Waals surface area contributed by atoms with Gasteiger partial charge in [-0.15, -0.1) is 0 Å². The minimum absolute atomic E-state index is 0.264. The first-order chi connectivity index (χ1) is 12.2.